The van der Waals surface area contributed by atoms with E-state index in [1.54, 1.807) is 0 Å². The average Bonchev–Trinajstić information content (AvgIpc) is 2.98. The lowest BCUT2D eigenvalue weighted by Gasteiger charge is -2.14. The number of aliphatic hydroxyl groups is 1. The lowest BCUT2D eigenvalue weighted by Crippen LogP contribution is -2.28. The van der Waals surface area contributed by atoms with Crippen LogP contribution in [0.1, 0.15) is 49.7 Å². The van der Waals surface area contributed by atoms with E-state index in [2.05, 4.69) is 15.5 Å². The van der Waals surface area contributed by atoms with Crippen LogP contribution in [0.2, 0.25) is 0 Å². The summed E-state index contributed by atoms with van der Waals surface area (Å²) >= 11 is 0. The molecule has 88 valence electrons. The summed E-state index contributed by atoms with van der Waals surface area (Å²) in [6.45, 7) is 1.32. The Morgan fingerprint density at radius 1 is 1.38 bits per heavy atom. The molecule has 2 N–H and O–H groups in total. The maximum atomic E-state index is 10.3. The van der Waals surface area contributed by atoms with Gasteiger partial charge in [-0.3, -0.25) is 0 Å². The monoisotopic (exact) mass is 223 g/mol. The van der Waals surface area contributed by atoms with Crippen LogP contribution in [0.5, 0.6) is 0 Å². The Labute approximate surface area is 94.2 Å². The van der Waals surface area contributed by atoms with Gasteiger partial charge in [0.1, 0.15) is 0 Å². The van der Waals surface area contributed by atoms with Gasteiger partial charge in [-0.2, -0.15) is 4.98 Å². The molecule has 1 aliphatic heterocycles. The minimum Gasteiger partial charge on any atom is -0.379 e. The summed E-state index contributed by atoms with van der Waals surface area (Å²) in [7, 11) is 0. The zero-order chi connectivity index (χ0) is 11.0. The van der Waals surface area contributed by atoms with Gasteiger partial charge in [-0.15, -0.1) is 0 Å². The Balaban J connectivity index is 1.81. The van der Waals surface area contributed by atoms with Crippen LogP contribution in [0.3, 0.4) is 0 Å². The van der Waals surface area contributed by atoms with Crippen LogP contribution in [-0.2, 0) is 5.60 Å². The largest absolute Gasteiger partial charge is 0.379 e. The van der Waals surface area contributed by atoms with Crippen molar-refractivity contribution in [2.24, 2.45) is 0 Å². The van der Waals surface area contributed by atoms with E-state index in [1.165, 1.54) is 12.8 Å². The fourth-order valence-corrected chi connectivity index (χ4v) is 2.64. The second kappa shape index (κ2) is 3.82. The first kappa shape index (κ1) is 10.2. The quantitative estimate of drug-likeness (QED) is 0.779. The number of nitrogens with zero attached hydrogens (tertiary/aromatic N) is 2. The standard InChI is InChI=1S/C11H17N3O2/c15-11(5-6-12-7-11)10-13-9(14-16-10)8-3-1-2-4-8/h8,12,15H,1-7H2. The lowest BCUT2D eigenvalue weighted by atomic mass is 10.0. The minimum atomic E-state index is -0.941. The highest BCUT2D eigenvalue weighted by Gasteiger charge is 2.39. The molecule has 1 aromatic heterocycles. The highest BCUT2D eigenvalue weighted by molar-refractivity contribution is 5.06. The predicted octanol–water partition coefficient (Wildman–Crippen LogP) is 0.908. The number of aromatic nitrogens is 2. The number of hydrogen-bond acceptors (Lipinski definition) is 5. The van der Waals surface area contributed by atoms with Crippen molar-refractivity contribution in [2.45, 2.75) is 43.6 Å². The van der Waals surface area contributed by atoms with Crippen molar-refractivity contribution in [3.63, 3.8) is 0 Å². The molecule has 0 bridgehead atoms. The van der Waals surface area contributed by atoms with E-state index in [0.29, 0.717) is 24.8 Å². The Morgan fingerprint density at radius 3 is 2.88 bits per heavy atom. The lowest BCUT2D eigenvalue weighted by molar-refractivity contribution is 0.0243. The molecule has 1 unspecified atom stereocenters. The van der Waals surface area contributed by atoms with Crippen molar-refractivity contribution >= 4 is 0 Å². The van der Waals surface area contributed by atoms with Crippen LogP contribution in [0, 0.1) is 0 Å². The molecular formula is C11H17N3O2. The van der Waals surface area contributed by atoms with Crippen LogP contribution in [-0.4, -0.2) is 28.3 Å². The van der Waals surface area contributed by atoms with Gasteiger partial charge in [0.2, 0.25) is 0 Å². The molecule has 0 amide bonds. The molecular weight excluding hydrogens is 206 g/mol. The van der Waals surface area contributed by atoms with Crippen LogP contribution in [0.15, 0.2) is 4.52 Å². The average molecular weight is 223 g/mol. The second-order valence-electron chi connectivity index (χ2n) is 4.90. The topological polar surface area (TPSA) is 71.2 Å². The summed E-state index contributed by atoms with van der Waals surface area (Å²) in [5, 5.41) is 17.4. The Morgan fingerprint density at radius 2 is 2.19 bits per heavy atom. The normalized spacial score (nSPS) is 31.3. The molecule has 1 saturated heterocycles. The number of hydrogen-bond donors (Lipinski definition) is 2. The number of nitrogens with one attached hydrogen (secondary N) is 1. The van der Waals surface area contributed by atoms with Gasteiger partial charge in [-0.05, 0) is 25.8 Å². The van der Waals surface area contributed by atoms with E-state index in [0.717, 1.165) is 25.2 Å². The van der Waals surface area contributed by atoms with Crippen molar-refractivity contribution in [3.05, 3.63) is 11.7 Å². The SMILES string of the molecule is OC1(c2nc(C3CCCC3)no2)CCNC1. The fourth-order valence-electron chi connectivity index (χ4n) is 2.64. The Hall–Kier alpha value is -0.940. The summed E-state index contributed by atoms with van der Waals surface area (Å²) < 4.78 is 5.21. The van der Waals surface area contributed by atoms with Crippen molar-refractivity contribution < 1.29 is 9.63 Å². The Kier molecular flexibility index (Phi) is 2.44. The molecule has 3 rings (SSSR count). The van der Waals surface area contributed by atoms with E-state index in [9.17, 15) is 5.11 Å². The summed E-state index contributed by atoms with van der Waals surface area (Å²) in [6.07, 6.45) is 5.45. The maximum absolute atomic E-state index is 10.3. The Bertz CT molecular complexity index is 365. The molecule has 2 aliphatic rings. The van der Waals surface area contributed by atoms with Gasteiger partial charge in [-0.25, -0.2) is 0 Å². The van der Waals surface area contributed by atoms with Crippen LogP contribution in [0.4, 0.5) is 0 Å². The van der Waals surface area contributed by atoms with Crippen molar-refractivity contribution in [2.75, 3.05) is 13.1 Å². The summed E-state index contributed by atoms with van der Waals surface area (Å²) in [5.74, 6) is 1.61. The molecule has 0 spiro atoms. The van der Waals surface area contributed by atoms with Gasteiger partial charge in [0.15, 0.2) is 11.4 Å². The van der Waals surface area contributed by atoms with Crippen LogP contribution >= 0.6 is 0 Å². The van der Waals surface area contributed by atoms with Crippen molar-refractivity contribution in [3.8, 4) is 0 Å². The third-order valence-electron chi connectivity index (χ3n) is 3.69. The first-order chi connectivity index (χ1) is 7.78. The summed E-state index contributed by atoms with van der Waals surface area (Å²) in [5.41, 5.74) is -0.941. The van der Waals surface area contributed by atoms with Crippen LogP contribution < -0.4 is 5.32 Å². The van der Waals surface area contributed by atoms with Gasteiger partial charge in [0.25, 0.3) is 5.89 Å². The first-order valence-electron chi connectivity index (χ1n) is 6.05. The van der Waals surface area contributed by atoms with E-state index >= 15 is 0 Å². The number of rotatable bonds is 2. The molecule has 2 heterocycles. The van der Waals surface area contributed by atoms with Crippen molar-refractivity contribution in [1.82, 2.24) is 15.5 Å². The second-order valence-corrected chi connectivity index (χ2v) is 4.90. The molecule has 1 aliphatic carbocycles. The smallest absolute Gasteiger partial charge is 0.259 e. The molecule has 16 heavy (non-hydrogen) atoms. The third-order valence-corrected chi connectivity index (χ3v) is 3.69. The van der Waals surface area contributed by atoms with Crippen molar-refractivity contribution in [1.29, 1.82) is 0 Å². The summed E-state index contributed by atoms with van der Waals surface area (Å²) in [4.78, 5) is 4.38. The van der Waals surface area contributed by atoms with Gasteiger partial charge in [0.05, 0.1) is 0 Å². The number of β-amino-alcohol motifs (C(OH)–C–C–N with tert-alkyl or cyclic N) is 1. The van der Waals surface area contributed by atoms with E-state index < -0.39 is 5.60 Å². The third kappa shape index (κ3) is 1.64. The van der Waals surface area contributed by atoms with Gasteiger partial charge in [-0.1, -0.05) is 18.0 Å². The van der Waals surface area contributed by atoms with Gasteiger partial charge >= 0.3 is 0 Å². The fraction of sp³-hybridized carbons (Fsp3) is 0.818. The molecule has 5 nitrogen and oxygen atoms in total. The maximum Gasteiger partial charge on any atom is 0.259 e. The highest BCUT2D eigenvalue weighted by atomic mass is 16.5. The van der Waals surface area contributed by atoms with E-state index in [1.807, 2.05) is 0 Å². The molecule has 1 aromatic rings. The summed E-state index contributed by atoms with van der Waals surface area (Å²) in [6, 6.07) is 0. The first-order valence-corrected chi connectivity index (χ1v) is 6.05. The zero-order valence-corrected chi connectivity index (χ0v) is 9.28. The molecule has 1 atom stereocenters. The van der Waals surface area contributed by atoms with Gasteiger partial charge < -0.3 is 14.9 Å². The molecule has 0 aromatic carbocycles. The molecule has 5 heteroatoms. The van der Waals surface area contributed by atoms with E-state index in [-0.39, 0.29) is 0 Å². The molecule has 0 radical (unpaired) electrons. The zero-order valence-electron chi connectivity index (χ0n) is 9.28. The predicted molar refractivity (Wildman–Crippen MR) is 56.9 cm³/mol. The van der Waals surface area contributed by atoms with Crippen LogP contribution in [0.25, 0.3) is 0 Å². The van der Waals surface area contributed by atoms with Gasteiger partial charge in [0, 0.05) is 12.5 Å². The highest BCUT2D eigenvalue weighted by Crippen LogP contribution is 2.34. The molecule has 1 saturated carbocycles. The molecule has 2 fully saturated rings. The minimum absolute atomic E-state index is 0.388. The van der Waals surface area contributed by atoms with E-state index in [4.69, 9.17) is 4.52 Å².